The first-order valence-electron chi connectivity index (χ1n) is 19.5. The van der Waals surface area contributed by atoms with Crippen molar-refractivity contribution < 1.29 is 0 Å². The van der Waals surface area contributed by atoms with Crippen molar-refractivity contribution >= 4 is 32.3 Å². The maximum Gasteiger partial charge on any atom is 0.0102 e. The van der Waals surface area contributed by atoms with E-state index < -0.39 is 0 Å². The largest absolute Gasteiger partial charge is 0.0622 e. The van der Waals surface area contributed by atoms with Crippen molar-refractivity contribution in [3.63, 3.8) is 0 Å². The number of benzene rings is 9. The molecule has 1 aliphatic rings. The second kappa shape index (κ2) is 13.3. The number of rotatable bonds is 5. The van der Waals surface area contributed by atoms with Crippen LogP contribution in [-0.2, 0) is 0 Å². The quantitative estimate of drug-likeness (QED) is 0.169. The Morgan fingerprint density at radius 3 is 1.35 bits per heavy atom. The molecule has 258 valence electrons. The summed E-state index contributed by atoms with van der Waals surface area (Å²) in [6, 6.07) is 67.9. The summed E-state index contributed by atoms with van der Waals surface area (Å²) in [6.45, 7) is 4.79. The van der Waals surface area contributed by atoms with E-state index in [0.29, 0.717) is 5.92 Å². The highest BCUT2D eigenvalue weighted by Gasteiger charge is 2.35. The molecule has 0 spiro atoms. The molecule has 0 fully saturated rings. The van der Waals surface area contributed by atoms with Gasteiger partial charge in [0.15, 0.2) is 0 Å². The minimum Gasteiger partial charge on any atom is -0.0622 e. The summed E-state index contributed by atoms with van der Waals surface area (Å²) < 4.78 is 0. The second-order valence-corrected chi connectivity index (χ2v) is 15.2. The van der Waals surface area contributed by atoms with Gasteiger partial charge in [-0.25, -0.2) is 0 Å². The van der Waals surface area contributed by atoms with E-state index in [4.69, 9.17) is 0 Å². The van der Waals surface area contributed by atoms with E-state index in [0.717, 1.165) is 12.8 Å². The first-order chi connectivity index (χ1) is 26.7. The van der Waals surface area contributed by atoms with Crippen LogP contribution in [0.15, 0.2) is 182 Å². The Hall–Kier alpha value is -6.24. The van der Waals surface area contributed by atoms with Crippen LogP contribution >= 0.6 is 0 Å². The highest BCUT2D eigenvalue weighted by atomic mass is 14.4. The van der Waals surface area contributed by atoms with Gasteiger partial charge in [0, 0.05) is 5.92 Å². The molecule has 0 amide bonds. The zero-order valence-corrected chi connectivity index (χ0v) is 30.9. The molecule has 0 nitrogen and oxygen atoms in total. The van der Waals surface area contributed by atoms with E-state index in [1.165, 1.54) is 99.1 Å². The van der Waals surface area contributed by atoms with Crippen molar-refractivity contribution in [3.05, 3.63) is 204 Å². The lowest BCUT2D eigenvalue weighted by atomic mass is 9.66. The lowest BCUT2D eigenvalue weighted by molar-refractivity contribution is 0.547. The lowest BCUT2D eigenvalue weighted by Gasteiger charge is -2.37. The van der Waals surface area contributed by atoms with Crippen LogP contribution in [0.25, 0.3) is 76.8 Å². The smallest absolute Gasteiger partial charge is 0.0102 e. The molecular formula is C54H42. The predicted octanol–water partition coefficient (Wildman–Crippen LogP) is 15.2. The first-order valence-corrected chi connectivity index (χ1v) is 19.5. The molecule has 0 bridgehead atoms. The van der Waals surface area contributed by atoms with Crippen molar-refractivity contribution in [2.24, 2.45) is 0 Å². The first kappa shape index (κ1) is 32.4. The minimum absolute atomic E-state index is 0.256. The molecule has 0 heteroatoms. The number of hydrogen-bond acceptors (Lipinski definition) is 0. The Bertz CT molecular complexity index is 2840. The van der Waals surface area contributed by atoms with Crippen LogP contribution in [0.4, 0.5) is 0 Å². The van der Waals surface area contributed by atoms with E-state index >= 15 is 0 Å². The third-order valence-corrected chi connectivity index (χ3v) is 12.1. The minimum atomic E-state index is 0.256. The van der Waals surface area contributed by atoms with Gasteiger partial charge in [-0.3, -0.25) is 0 Å². The summed E-state index contributed by atoms with van der Waals surface area (Å²) in [5, 5.41) is 7.76. The SMILES string of the molecule is Cc1ccccc1C1CCC(C)c2c1c(-c1ccc3ccccc3c1-c1ccccc1)c1ccccc1c2-c1ccc2ccccc2c1-c1ccccc1. The van der Waals surface area contributed by atoms with Gasteiger partial charge in [-0.2, -0.15) is 0 Å². The van der Waals surface area contributed by atoms with Crippen LogP contribution in [-0.4, -0.2) is 0 Å². The number of hydrogen-bond donors (Lipinski definition) is 0. The summed E-state index contributed by atoms with van der Waals surface area (Å²) in [6.07, 6.45) is 2.25. The van der Waals surface area contributed by atoms with Gasteiger partial charge < -0.3 is 0 Å². The molecule has 0 aromatic heterocycles. The molecule has 0 saturated heterocycles. The molecule has 2 atom stereocenters. The third-order valence-electron chi connectivity index (χ3n) is 12.1. The van der Waals surface area contributed by atoms with Gasteiger partial charge in [-0.1, -0.05) is 189 Å². The molecule has 0 aliphatic heterocycles. The average molecular weight is 691 g/mol. The Labute approximate surface area is 318 Å². The standard InChI is InChI=1S/C54H42/c1-35-17-9-12-24-41(35)46-32-29-36(2)49-52(47-33-30-37-18-10-13-25-42(37)50(47)39-20-5-3-6-21-39)44-27-15-16-28-45(44)53(54(46)49)48-34-31-38-19-11-14-26-43(38)51(48)40-22-7-4-8-23-40/h3-28,30-31,33-34,36,46H,29,32H2,1-2H3. The summed E-state index contributed by atoms with van der Waals surface area (Å²) in [4.78, 5) is 0. The molecule has 2 unspecified atom stereocenters. The summed E-state index contributed by atoms with van der Waals surface area (Å²) in [5.74, 6) is 0.626. The van der Waals surface area contributed by atoms with Crippen molar-refractivity contribution in [2.45, 2.75) is 38.5 Å². The van der Waals surface area contributed by atoms with Gasteiger partial charge in [-0.15, -0.1) is 0 Å². The van der Waals surface area contributed by atoms with Crippen LogP contribution in [0, 0.1) is 6.92 Å². The summed E-state index contributed by atoms with van der Waals surface area (Å²) in [5.41, 5.74) is 16.3. The Morgan fingerprint density at radius 2 is 0.815 bits per heavy atom. The van der Waals surface area contributed by atoms with Crippen molar-refractivity contribution in [1.29, 1.82) is 0 Å². The zero-order valence-electron chi connectivity index (χ0n) is 30.9. The monoisotopic (exact) mass is 690 g/mol. The van der Waals surface area contributed by atoms with Crippen LogP contribution in [0.2, 0.25) is 0 Å². The molecule has 9 aromatic rings. The van der Waals surface area contributed by atoms with Crippen LogP contribution in [0.3, 0.4) is 0 Å². The summed E-state index contributed by atoms with van der Waals surface area (Å²) >= 11 is 0. The van der Waals surface area contributed by atoms with Gasteiger partial charge in [0.1, 0.15) is 0 Å². The predicted molar refractivity (Wildman–Crippen MR) is 231 cm³/mol. The molecule has 9 aromatic carbocycles. The van der Waals surface area contributed by atoms with Gasteiger partial charge >= 0.3 is 0 Å². The van der Waals surface area contributed by atoms with E-state index in [1.807, 2.05) is 0 Å². The average Bonchev–Trinajstić information content (AvgIpc) is 3.23. The highest BCUT2D eigenvalue weighted by Crippen LogP contribution is 2.56. The van der Waals surface area contributed by atoms with E-state index in [1.54, 1.807) is 0 Å². The van der Waals surface area contributed by atoms with Gasteiger partial charge in [0.05, 0.1) is 0 Å². The molecular weight excluding hydrogens is 649 g/mol. The Balaban J connectivity index is 1.42. The van der Waals surface area contributed by atoms with Gasteiger partial charge in [0.2, 0.25) is 0 Å². The fourth-order valence-electron chi connectivity index (χ4n) is 9.72. The Morgan fingerprint density at radius 1 is 0.370 bits per heavy atom. The van der Waals surface area contributed by atoms with Crippen LogP contribution in [0.1, 0.15) is 53.9 Å². The maximum absolute atomic E-state index is 2.48. The maximum atomic E-state index is 2.48. The fraction of sp³-hybridized carbons (Fsp3) is 0.111. The molecule has 10 rings (SSSR count). The molecule has 0 heterocycles. The normalized spacial score (nSPS) is 15.4. The van der Waals surface area contributed by atoms with Crippen molar-refractivity contribution in [3.8, 4) is 44.5 Å². The molecule has 1 aliphatic carbocycles. The zero-order chi connectivity index (χ0) is 36.2. The van der Waals surface area contributed by atoms with Crippen molar-refractivity contribution in [2.75, 3.05) is 0 Å². The molecule has 54 heavy (non-hydrogen) atoms. The van der Waals surface area contributed by atoms with E-state index in [9.17, 15) is 0 Å². The van der Waals surface area contributed by atoms with Crippen LogP contribution in [0.5, 0.6) is 0 Å². The molecule has 0 saturated carbocycles. The lowest BCUT2D eigenvalue weighted by Crippen LogP contribution is -2.18. The Kier molecular flexibility index (Phi) is 7.99. The molecule has 0 N–H and O–H groups in total. The fourth-order valence-corrected chi connectivity index (χ4v) is 9.72. The highest BCUT2D eigenvalue weighted by molar-refractivity contribution is 6.16. The van der Waals surface area contributed by atoms with E-state index in [-0.39, 0.29) is 5.92 Å². The van der Waals surface area contributed by atoms with Crippen molar-refractivity contribution in [1.82, 2.24) is 0 Å². The summed E-state index contributed by atoms with van der Waals surface area (Å²) in [7, 11) is 0. The second-order valence-electron chi connectivity index (χ2n) is 15.2. The van der Waals surface area contributed by atoms with Gasteiger partial charge in [0.25, 0.3) is 0 Å². The number of aryl methyl sites for hydroxylation is 1. The van der Waals surface area contributed by atoms with E-state index in [2.05, 4.69) is 196 Å². The topological polar surface area (TPSA) is 0 Å². The third kappa shape index (κ3) is 5.20. The van der Waals surface area contributed by atoms with Gasteiger partial charge in [-0.05, 0) is 125 Å². The molecule has 0 radical (unpaired) electrons. The number of fused-ring (bicyclic) bond motifs is 4. The van der Waals surface area contributed by atoms with Crippen LogP contribution < -0.4 is 0 Å².